The Morgan fingerprint density at radius 2 is 1.95 bits per heavy atom. The number of nitrogens with zero attached hydrogens (tertiary/aromatic N) is 2. The van der Waals surface area contributed by atoms with Gasteiger partial charge in [-0.25, -0.2) is 8.42 Å². The number of rotatable bonds is 6. The summed E-state index contributed by atoms with van der Waals surface area (Å²) < 4.78 is 30.1. The fourth-order valence-corrected chi connectivity index (χ4v) is 1.88. The molecular formula is C11H14N4O3S. The van der Waals surface area contributed by atoms with Crippen LogP contribution in [-0.4, -0.2) is 24.4 Å². The molecule has 0 fully saturated rings. The van der Waals surface area contributed by atoms with Crippen LogP contribution < -0.4 is 10.0 Å². The molecule has 0 aliphatic carbocycles. The quantitative estimate of drug-likeness (QED) is 0.832. The molecule has 0 saturated heterocycles. The maximum Gasteiger partial charge on any atom is 0.233 e. The number of sulfonamides is 1. The molecule has 0 aromatic carbocycles. The average molecular weight is 282 g/mol. The Hall–Kier alpha value is -2.09. The van der Waals surface area contributed by atoms with Gasteiger partial charge in [0.2, 0.25) is 10.0 Å². The second kappa shape index (κ2) is 5.70. The van der Waals surface area contributed by atoms with Gasteiger partial charge in [0.25, 0.3) is 0 Å². The zero-order valence-electron chi connectivity index (χ0n) is 10.3. The molecule has 0 aliphatic rings. The van der Waals surface area contributed by atoms with Crippen molar-refractivity contribution >= 4 is 21.7 Å². The maximum absolute atomic E-state index is 11.3. The van der Waals surface area contributed by atoms with Crippen molar-refractivity contribution in [1.82, 2.24) is 10.2 Å². The van der Waals surface area contributed by atoms with E-state index in [-0.39, 0.29) is 11.6 Å². The molecule has 102 valence electrons. The Balaban J connectivity index is 1.95. The monoisotopic (exact) mass is 282 g/mol. The lowest BCUT2D eigenvalue weighted by atomic mass is 10.4. The van der Waals surface area contributed by atoms with Gasteiger partial charge in [-0.2, -0.15) is 0 Å². The van der Waals surface area contributed by atoms with E-state index in [0.717, 1.165) is 5.76 Å². The van der Waals surface area contributed by atoms with Crippen LogP contribution in [0, 0.1) is 0 Å². The molecule has 0 spiro atoms. The SMILES string of the molecule is CCS(=O)(=O)Nc1ccc(NCc2ccco2)nn1. The summed E-state index contributed by atoms with van der Waals surface area (Å²) in [4.78, 5) is 0. The Bertz CT molecular complexity index is 608. The molecule has 2 N–H and O–H groups in total. The summed E-state index contributed by atoms with van der Waals surface area (Å²) in [5.41, 5.74) is 0. The third kappa shape index (κ3) is 3.95. The molecule has 7 nitrogen and oxygen atoms in total. The summed E-state index contributed by atoms with van der Waals surface area (Å²) in [6, 6.07) is 6.82. The number of nitrogens with one attached hydrogen (secondary N) is 2. The topological polar surface area (TPSA) is 97.1 Å². The normalized spacial score (nSPS) is 11.2. The highest BCUT2D eigenvalue weighted by molar-refractivity contribution is 7.92. The van der Waals surface area contributed by atoms with E-state index in [4.69, 9.17) is 4.42 Å². The zero-order valence-corrected chi connectivity index (χ0v) is 11.1. The van der Waals surface area contributed by atoms with Crippen molar-refractivity contribution in [3.63, 3.8) is 0 Å². The summed E-state index contributed by atoms with van der Waals surface area (Å²) in [5.74, 6) is 1.51. The van der Waals surface area contributed by atoms with Crippen molar-refractivity contribution in [2.75, 3.05) is 15.8 Å². The highest BCUT2D eigenvalue weighted by Crippen LogP contribution is 2.09. The number of anilines is 2. The average Bonchev–Trinajstić information content (AvgIpc) is 2.91. The van der Waals surface area contributed by atoms with E-state index in [1.165, 1.54) is 0 Å². The third-order valence-electron chi connectivity index (χ3n) is 2.33. The summed E-state index contributed by atoms with van der Waals surface area (Å²) in [6.07, 6.45) is 1.59. The first-order valence-corrected chi connectivity index (χ1v) is 7.35. The smallest absolute Gasteiger partial charge is 0.233 e. The van der Waals surface area contributed by atoms with E-state index in [2.05, 4.69) is 20.2 Å². The van der Waals surface area contributed by atoms with Gasteiger partial charge in [-0.15, -0.1) is 10.2 Å². The molecule has 2 heterocycles. The first-order valence-electron chi connectivity index (χ1n) is 5.69. The van der Waals surface area contributed by atoms with Gasteiger partial charge in [0.1, 0.15) is 11.6 Å². The van der Waals surface area contributed by atoms with Crippen molar-refractivity contribution in [2.24, 2.45) is 0 Å². The minimum Gasteiger partial charge on any atom is -0.467 e. The van der Waals surface area contributed by atoms with Gasteiger partial charge in [0.05, 0.1) is 18.6 Å². The predicted molar refractivity (Wildman–Crippen MR) is 71.2 cm³/mol. The van der Waals surface area contributed by atoms with Gasteiger partial charge in [-0.05, 0) is 31.2 Å². The van der Waals surface area contributed by atoms with Crippen LogP contribution in [0.4, 0.5) is 11.6 Å². The molecule has 0 atom stereocenters. The lowest BCUT2D eigenvalue weighted by molar-refractivity contribution is 0.517. The van der Waals surface area contributed by atoms with E-state index in [1.54, 1.807) is 31.4 Å². The van der Waals surface area contributed by atoms with Gasteiger partial charge >= 0.3 is 0 Å². The van der Waals surface area contributed by atoms with Crippen molar-refractivity contribution < 1.29 is 12.8 Å². The fraction of sp³-hybridized carbons (Fsp3) is 0.273. The van der Waals surface area contributed by atoms with E-state index in [9.17, 15) is 8.42 Å². The number of hydrogen-bond donors (Lipinski definition) is 2. The van der Waals surface area contributed by atoms with Crippen LogP contribution in [-0.2, 0) is 16.6 Å². The molecule has 2 aromatic rings. The van der Waals surface area contributed by atoms with E-state index < -0.39 is 10.0 Å². The molecule has 0 saturated carbocycles. The van der Waals surface area contributed by atoms with Gasteiger partial charge in [0, 0.05) is 0 Å². The van der Waals surface area contributed by atoms with E-state index in [1.807, 2.05) is 6.07 Å². The van der Waals surface area contributed by atoms with Crippen LogP contribution >= 0.6 is 0 Å². The second-order valence-corrected chi connectivity index (χ2v) is 5.75. The van der Waals surface area contributed by atoms with Crippen LogP contribution in [0.2, 0.25) is 0 Å². The summed E-state index contributed by atoms with van der Waals surface area (Å²) >= 11 is 0. The highest BCUT2D eigenvalue weighted by Gasteiger charge is 2.08. The molecule has 8 heteroatoms. The summed E-state index contributed by atoms with van der Waals surface area (Å²) in [6.45, 7) is 2.04. The first kappa shape index (κ1) is 13.3. The lowest BCUT2D eigenvalue weighted by Crippen LogP contribution is -2.16. The van der Waals surface area contributed by atoms with Crippen LogP contribution in [0.5, 0.6) is 0 Å². The molecule has 0 aliphatic heterocycles. The van der Waals surface area contributed by atoms with Crippen LogP contribution in [0.1, 0.15) is 12.7 Å². The Labute approximate surface area is 111 Å². The minimum atomic E-state index is -3.32. The van der Waals surface area contributed by atoms with Gasteiger partial charge < -0.3 is 9.73 Å². The number of aromatic nitrogens is 2. The summed E-state index contributed by atoms with van der Waals surface area (Å²) in [7, 11) is -3.32. The number of hydrogen-bond acceptors (Lipinski definition) is 6. The molecule has 19 heavy (non-hydrogen) atoms. The molecule has 0 bridgehead atoms. The van der Waals surface area contributed by atoms with Gasteiger partial charge in [-0.3, -0.25) is 4.72 Å². The molecule has 0 radical (unpaired) electrons. The van der Waals surface area contributed by atoms with E-state index >= 15 is 0 Å². The van der Waals surface area contributed by atoms with Crippen molar-refractivity contribution in [3.05, 3.63) is 36.3 Å². The Morgan fingerprint density at radius 3 is 2.53 bits per heavy atom. The molecule has 0 unspecified atom stereocenters. The van der Waals surface area contributed by atoms with Crippen LogP contribution in [0.15, 0.2) is 34.9 Å². The zero-order chi connectivity index (χ0) is 13.7. The predicted octanol–water partition coefficient (Wildman–Crippen LogP) is 1.44. The van der Waals surface area contributed by atoms with Crippen LogP contribution in [0.25, 0.3) is 0 Å². The largest absolute Gasteiger partial charge is 0.467 e. The number of furan rings is 1. The summed E-state index contributed by atoms with van der Waals surface area (Å²) in [5, 5.41) is 10.7. The standard InChI is InChI=1S/C11H14N4O3S/c1-2-19(16,17)15-11-6-5-10(13-14-11)12-8-9-4-3-7-18-9/h3-7H,2,8H2,1H3,(H,12,13)(H,14,15). The molecule has 0 amide bonds. The maximum atomic E-state index is 11.3. The van der Waals surface area contributed by atoms with E-state index in [0.29, 0.717) is 12.4 Å². The van der Waals surface area contributed by atoms with Gasteiger partial charge in [-0.1, -0.05) is 0 Å². The fourth-order valence-electron chi connectivity index (χ4n) is 1.30. The second-order valence-electron chi connectivity index (χ2n) is 3.74. The van der Waals surface area contributed by atoms with Crippen molar-refractivity contribution in [3.8, 4) is 0 Å². The minimum absolute atomic E-state index is 0.00677. The molecular weight excluding hydrogens is 268 g/mol. The Kier molecular flexibility index (Phi) is 4.00. The van der Waals surface area contributed by atoms with Crippen LogP contribution in [0.3, 0.4) is 0 Å². The molecule has 2 rings (SSSR count). The lowest BCUT2D eigenvalue weighted by Gasteiger charge is -2.06. The third-order valence-corrected chi connectivity index (χ3v) is 3.61. The van der Waals surface area contributed by atoms with Crippen molar-refractivity contribution in [1.29, 1.82) is 0 Å². The highest BCUT2D eigenvalue weighted by atomic mass is 32.2. The van der Waals surface area contributed by atoms with Crippen molar-refractivity contribution in [2.45, 2.75) is 13.5 Å². The first-order chi connectivity index (χ1) is 9.09. The molecule has 2 aromatic heterocycles. The Morgan fingerprint density at radius 1 is 1.21 bits per heavy atom. The van der Waals surface area contributed by atoms with Gasteiger partial charge in [0.15, 0.2) is 5.82 Å².